The molecule has 2 atom stereocenters. The highest BCUT2D eigenvalue weighted by atomic mass is 32.2. The van der Waals surface area contributed by atoms with E-state index in [-0.39, 0.29) is 10.7 Å². The summed E-state index contributed by atoms with van der Waals surface area (Å²) in [7, 11) is -2.79. The molecule has 1 heterocycles. The Balaban J connectivity index is 2.18. The van der Waals surface area contributed by atoms with Gasteiger partial charge < -0.3 is 5.32 Å². The van der Waals surface area contributed by atoms with Crippen LogP contribution < -0.4 is 5.32 Å². The molecule has 2 rings (SSSR count). The molecule has 2 fully saturated rings. The van der Waals surface area contributed by atoms with Crippen LogP contribution in [0.2, 0.25) is 0 Å². The van der Waals surface area contributed by atoms with E-state index in [1.165, 1.54) is 0 Å². The van der Waals surface area contributed by atoms with Crippen LogP contribution in [-0.4, -0.2) is 32.5 Å². The number of sulfone groups is 1. The van der Waals surface area contributed by atoms with Gasteiger partial charge in [0.1, 0.15) is 0 Å². The SMILES string of the molecule is CCS(=O)(=O)C1CCC12CCNC2. The normalized spacial score (nSPS) is 39.3. The first kappa shape index (κ1) is 9.46. The van der Waals surface area contributed by atoms with Crippen LogP contribution in [0.1, 0.15) is 26.2 Å². The fourth-order valence-electron chi connectivity index (χ4n) is 2.68. The topological polar surface area (TPSA) is 46.2 Å². The summed E-state index contributed by atoms with van der Waals surface area (Å²) < 4.78 is 23.4. The highest BCUT2D eigenvalue weighted by Gasteiger charge is 2.53. The van der Waals surface area contributed by atoms with Gasteiger partial charge in [-0.1, -0.05) is 6.92 Å². The lowest BCUT2D eigenvalue weighted by atomic mass is 9.68. The molecule has 1 aliphatic heterocycles. The summed E-state index contributed by atoms with van der Waals surface area (Å²) in [6.07, 6.45) is 3.04. The molecule has 13 heavy (non-hydrogen) atoms. The molecular weight excluding hydrogens is 186 g/mol. The van der Waals surface area contributed by atoms with Gasteiger partial charge in [-0.15, -0.1) is 0 Å². The smallest absolute Gasteiger partial charge is 0.153 e. The Labute approximate surface area is 79.8 Å². The molecule has 1 saturated heterocycles. The minimum atomic E-state index is -2.79. The van der Waals surface area contributed by atoms with Gasteiger partial charge in [0, 0.05) is 17.7 Å². The van der Waals surface area contributed by atoms with E-state index < -0.39 is 9.84 Å². The summed E-state index contributed by atoms with van der Waals surface area (Å²) >= 11 is 0. The first-order valence-electron chi connectivity index (χ1n) is 5.03. The largest absolute Gasteiger partial charge is 0.316 e. The van der Waals surface area contributed by atoms with Gasteiger partial charge >= 0.3 is 0 Å². The van der Waals surface area contributed by atoms with Gasteiger partial charge in [-0.25, -0.2) is 8.42 Å². The molecule has 1 saturated carbocycles. The molecule has 76 valence electrons. The Bertz CT molecular complexity index is 291. The van der Waals surface area contributed by atoms with E-state index in [0.717, 1.165) is 32.4 Å². The van der Waals surface area contributed by atoms with Crippen LogP contribution >= 0.6 is 0 Å². The molecule has 4 heteroatoms. The van der Waals surface area contributed by atoms with Crippen LogP contribution in [0.15, 0.2) is 0 Å². The van der Waals surface area contributed by atoms with E-state index in [1.807, 2.05) is 0 Å². The van der Waals surface area contributed by atoms with Gasteiger partial charge in [-0.2, -0.15) is 0 Å². The van der Waals surface area contributed by atoms with Gasteiger partial charge in [0.25, 0.3) is 0 Å². The Kier molecular flexibility index (Phi) is 2.15. The Morgan fingerprint density at radius 3 is 2.62 bits per heavy atom. The number of nitrogens with one attached hydrogen (secondary N) is 1. The molecule has 0 amide bonds. The second-order valence-electron chi connectivity index (χ2n) is 4.27. The van der Waals surface area contributed by atoms with Crippen molar-refractivity contribution in [1.82, 2.24) is 5.32 Å². The third-order valence-electron chi connectivity index (χ3n) is 3.70. The quantitative estimate of drug-likeness (QED) is 0.713. The predicted octanol–water partition coefficient (Wildman–Crippen LogP) is 0.563. The maximum atomic E-state index is 11.7. The van der Waals surface area contributed by atoms with E-state index in [2.05, 4.69) is 5.32 Å². The van der Waals surface area contributed by atoms with Crippen molar-refractivity contribution in [1.29, 1.82) is 0 Å². The van der Waals surface area contributed by atoms with Gasteiger partial charge in [0.15, 0.2) is 9.84 Å². The third-order valence-corrected chi connectivity index (χ3v) is 6.11. The Morgan fingerprint density at radius 1 is 1.46 bits per heavy atom. The van der Waals surface area contributed by atoms with E-state index in [9.17, 15) is 8.42 Å². The summed E-state index contributed by atoms with van der Waals surface area (Å²) in [5.41, 5.74) is 0.120. The minimum absolute atomic E-state index is 0.0417. The summed E-state index contributed by atoms with van der Waals surface area (Å²) in [6, 6.07) is 0. The fourth-order valence-corrected chi connectivity index (χ4v) is 4.64. The average Bonchev–Trinajstić information content (AvgIpc) is 2.51. The molecule has 2 aliphatic rings. The maximum Gasteiger partial charge on any atom is 0.153 e. The van der Waals surface area contributed by atoms with E-state index in [1.54, 1.807) is 6.92 Å². The molecule has 0 aromatic carbocycles. The first-order valence-corrected chi connectivity index (χ1v) is 6.74. The lowest BCUT2D eigenvalue weighted by Crippen LogP contribution is -2.51. The summed E-state index contributed by atoms with van der Waals surface area (Å²) in [6.45, 7) is 3.66. The number of rotatable bonds is 2. The summed E-state index contributed by atoms with van der Waals surface area (Å²) in [4.78, 5) is 0. The zero-order valence-electron chi connectivity index (χ0n) is 8.04. The molecule has 0 aromatic heterocycles. The van der Waals surface area contributed by atoms with Crippen LogP contribution in [0.4, 0.5) is 0 Å². The molecule has 0 aromatic rings. The molecule has 1 N–H and O–H groups in total. The monoisotopic (exact) mass is 203 g/mol. The van der Waals surface area contributed by atoms with Crippen molar-refractivity contribution in [2.75, 3.05) is 18.8 Å². The fraction of sp³-hybridized carbons (Fsp3) is 1.00. The standard InChI is InChI=1S/C9H17NO2S/c1-2-13(11,12)8-3-4-9(8)5-6-10-7-9/h8,10H,2-7H2,1H3. The van der Waals surface area contributed by atoms with Crippen molar-refractivity contribution in [3.63, 3.8) is 0 Å². The van der Waals surface area contributed by atoms with Crippen molar-refractivity contribution in [2.45, 2.75) is 31.4 Å². The highest BCUT2D eigenvalue weighted by molar-refractivity contribution is 7.92. The van der Waals surface area contributed by atoms with Crippen LogP contribution in [0, 0.1) is 5.41 Å². The Morgan fingerprint density at radius 2 is 2.23 bits per heavy atom. The lowest BCUT2D eigenvalue weighted by molar-refractivity contribution is 0.168. The molecular formula is C9H17NO2S. The molecule has 1 aliphatic carbocycles. The second-order valence-corrected chi connectivity index (χ2v) is 6.74. The van der Waals surface area contributed by atoms with Gasteiger partial charge in [0.2, 0.25) is 0 Å². The maximum absolute atomic E-state index is 11.7. The zero-order valence-corrected chi connectivity index (χ0v) is 8.86. The van der Waals surface area contributed by atoms with E-state index >= 15 is 0 Å². The van der Waals surface area contributed by atoms with E-state index in [4.69, 9.17) is 0 Å². The van der Waals surface area contributed by atoms with Gasteiger partial charge in [0.05, 0.1) is 5.25 Å². The van der Waals surface area contributed by atoms with Crippen molar-refractivity contribution >= 4 is 9.84 Å². The Hall–Kier alpha value is -0.0900. The molecule has 1 spiro atoms. The minimum Gasteiger partial charge on any atom is -0.316 e. The molecule has 3 nitrogen and oxygen atoms in total. The predicted molar refractivity (Wildman–Crippen MR) is 52.4 cm³/mol. The molecule has 0 radical (unpaired) electrons. The third kappa shape index (κ3) is 1.31. The molecule has 2 unspecified atom stereocenters. The summed E-state index contributed by atoms with van der Waals surface area (Å²) in [5.74, 6) is 0.305. The van der Waals surface area contributed by atoms with E-state index in [0.29, 0.717) is 5.75 Å². The average molecular weight is 203 g/mol. The highest BCUT2D eigenvalue weighted by Crippen LogP contribution is 2.49. The van der Waals surface area contributed by atoms with Crippen LogP contribution in [0.5, 0.6) is 0 Å². The first-order chi connectivity index (χ1) is 6.11. The van der Waals surface area contributed by atoms with Gasteiger partial charge in [-0.3, -0.25) is 0 Å². The van der Waals surface area contributed by atoms with Crippen LogP contribution in [-0.2, 0) is 9.84 Å². The van der Waals surface area contributed by atoms with Crippen LogP contribution in [0.25, 0.3) is 0 Å². The van der Waals surface area contributed by atoms with Crippen molar-refractivity contribution in [3.8, 4) is 0 Å². The molecule has 0 bridgehead atoms. The van der Waals surface area contributed by atoms with Gasteiger partial charge in [-0.05, 0) is 25.8 Å². The van der Waals surface area contributed by atoms with Crippen LogP contribution in [0.3, 0.4) is 0 Å². The zero-order chi connectivity index (χ0) is 9.53. The second kappa shape index (κ2) is 2.95. The summed E-state index contributed by atoms with van der Waals surface area (Å²) in [5, 5.41) is 3.24. The van der Waals surface area contributed by atoms with Crippen molar-refractivity contribution in [2.24, 2.45) is 5.41 Å². The number of hydrogen-bond acceptors (Lipinski definition) is 3. The number of hydrogen-bond donors (Lipinski definition) is 1. The van der Waals surface area contributed by atoms with Crippen molar-refractivity contribution in [3.05, 3.63) is 0 Å². The lowest BCUT2D eigenvalue weighted by Gasteiger charge is -2.45. The van der Waals surface area contributed by atoms with Crippen molar-refractivity contribution < 1.29 is 8.42 Å².